The lowest BCUT2D eigenvalue weighted by atomic mass is 10.1. The molecule has 0 radical (unpaired) electrons. The smallest absolute Gasteiger partial charge is 0.385 e. The van der Waals surface area contributed by atoms with E-state index in [-0.39, 0.29) is 0 Å². The Morgan fingerprint density at radius 3 is 2.05 bits per heavy atom. The monoisotopic (exact) mass is 253 g/mol. The van der Waals surface area contributed by atoms with Gasteiger partial charge in [0, 0.05) is 12.1 Å². The third-order valence-electron chi connectivity index (χ3n) is 2.93. The number of nitrogens with zero attached hydrogens (tertiary/aromatic N) is 2. The topological polar surface area (TPSA) is 37.4 Å². The average molecular weight is 253 g/mol. The first-order chi connectivity index (χ1) is 9.31. The molecule has 0 heterocycles. The van der Waals surface area contributed by atoms with Crippen molar-refractivity contribution in [2.24, 2.45) is 0 Å². The van der Waals surface area contributed by atoms with Gasteiger partial charge in [-0.1, -0.05) is 25.5 Å². The van der Waals surface area contributed by atoms with E-state index in [1.165, 1.54) is 18.4 Å². The largest absolute Gasteiger partial charge is 0.457 e. The van der Waals surface area contributed by atoms with Crippen LogP contribution in [0.2, 0.25) is 0 Å². The molecule has 2 rings (SSSR count). The summed E-state index contributed by atoms with van der Waals surface area (Å²) in [5, 5.41) is 8.60. The molecular formula is C16H17N2O+. The van der Waals surface area contributed by atoms with Gasteiger partial charge in [0.2, 0.25) is 5.39 Å². The second-order valence-corrected chi connectivity index (χ2v) is 4.44. The highest BCUT2D eigenvalue weighted by atomic mass is 16.5. The fourth-order valence-electron chi connectivity index (χ4n) is 1.82. The molecular weight excluding hydrogens is 236 g/mol. The average Bonchev–Trinajstić information content (AvgIpc) is 2.47. The zero-order valence-corrected chi connectivity index (χ0v) is 11.0. The molecule has 0 saturated carbocycles. The van der Waals surface area contributed by atoms with E-state index < -0.39 is 0 Å². The van der Waals surface area contributed by atoms with Gasteiger partial charge in [-0.15, -0.1) is 0 Å². The predicted molar refractivity (Wildman–Crippen MR) is 76.3 cm³/mol. The molecule has 0 amide bonds. The molecule has 0 N–H and O–H groups in total. The van der Waals surface area contributed by atoms with Crippen molar-refractivity contribution in [3.63, 3.8) is 0 Å². The Morgan fingerprint density at radius 2 is 1.53 bits per heavy atom. The summed E-state index contributed by atoms with van der Waals surface area (Å²) in [5.74, 6) is 1.54. The highest BCUT2D eigenvalue weighted by molar-refractivity contribution is 5.47. The van der Waals surface area contributed by atoms with Crippen molar-refractivity contribution in [3.05, 3.63) is 59.1 Å². The Labute approximate surface area is 113 Å². The van der Waals surface area contributed by atoms with Crippen LogP contribution in [-0.2, 0) is 6.42 Å². The summed E-state index contributed by atoms with van der Waals surface area (Å²) in [6.45, 7) is 2.19. The van der Waals surface area contributed by atoms with Crippen LogP contribution in [0.1, 0.15) is 25.3 Å². The zero-order valence-electron chi connectivity index (χ0n) is 11.0. The van der Waals surface area contributed by atoms with Gasteiger partial charge in [0.15, 0.2) is 4.98 Å². The standard InChI is InChI=1S/C16H17N2O/c1-2-3-4-13-5-9-15(10-6-13)19-16-11-7-14(18-17)8-12-16/h5-12H,2-4H2,1H3/q+1. The summed E-state index contributed by atoms with van der Waals surface area (Å²) in [6, 6.07) is 15.1. The van der Waals surface area contributed by atoms with E-state index in [4.69, 9.17) is 10.1 Å². The minimum absolute atomic E-state index is 0.516. The number of ether oxygens (including phenoxy) is 1. The summed E-state index contributed by atoms with van der Waals surface area (Å²) < 4.78 is 5.71. The molecule has 2 aromatic rings. The van der Waals surface area contributed by atoms with E-state index in [0.717, 1.165) is 17.9 Å². The predicted octanol–water partition coefficient (Wildman–Crippen LogP) is 5.31. The maximum atomic E-state index is 8.60. The van der Waals surface area contributed by atoms with Gasteiger partial charge >= 0.3 is 5.69 Å². The Morgan fingerprint density at radius 1 is 0.947 bits per heavy atom. The van der Waals surface area contributed by atoms with Gasteiger partial charge in [-0.25, -0.2) is 0 Å². The van der Waals surface area contributed by atoms with Crippen LogP contribution >= 0.6 is 0 Å². The van der Waals surface area contributed by atoms with Gasteiger partial charge in [0.25, 0.3) is 0 Å². The first-order valence-electron chi connectivity index (χ1n) is 6.54. The molecule has 0 aliphatic carbocycles. The Hall–Kier alpha value is -2.34. The second-order valence-electron chi connectivity index (χ2n) is 4.44. The molecule has 0 bridgehead atoms. The molecule has 96 valence electrons. The summed E-state index contributed by atoms with van der Waals surface area (Å²) in [5.41, 5.74) is 1.85. The fourth-order valence-corrected chi connectivity index (χ4v) is 1.82. The van der Waals surface area contributed by atoms with Crippen molar-refractivity contribution < 1.29 is 4.74 Å². The van der Waals surface area contributed by atoms with Crippen LogP contribution in [0.4, 0.5) is 5.69 Å². The molecule has 0 saturated heterocycles. The first-order valence-corrected chi connectivity index (χ1v) is 6.54. The zero-order chi connectivity index (χ0) is 13.5. The Bertz CT molecular complexity index is 553. The molecule has 0 aliphatic heterocycles. The molecule has 3 nitrogen and oxygen atoms in total. The van der Waals surface area contributed by atoms with Crippen LogP contribution in [0.15, 0.2) is 48.5 Å². The molecule has 0 atom stereocenters. The summed E-state index contributed by atoms with van der Waals surface area (Å²) >= 11 is 0. The van der Waals surface area contributed by atoms with Crippen molar-refractivity contribution in [3.8, 4) is 11.5 Å². The fraction of sp³-hybridized carbons (Fsp3) is 0.250. The molecule has 19 heavy (non-hydrogen) atoms. The minimum Gasteiger partial charge on any atom is -0.457 e. The molecule has 0 unspecified atom stereocenters. The van der Waals surface area contributed by atoms with Crippen molar-refractivity contribution in [1.29, 1.82) is 5.39 Å². The highest BCUT2D eigenvalue weighted by Crippen LogP contribution is 2.24. The lowest BCUT2D eigenvalue weighted by Crippen LogP contribution is -1.86. The molecule has 2 aromatic carbocycles. The lowest BCUT2D eigenvalue weighted by Gasteiger charge is -2.06. The Balaban J connectivity index is 2.00. The molecule has 0 aliphatic rings. The van der Waals surface area contributed by atoms with E-state index >= 15 is 0 Å². The summed E-state index contributed by atoms with van der Waals surface area (Å²) in [4.78, 5) is 3.10. The number of aryl methyl sites for hydroxylation is 1. The van der Waals surface area contributed by atoms with Crippen molar-refractivity contribution >= 4 is 5.69 Å². The van der Waals surface area contributed by atoms with Gasteiger partial charge in [-0.3, -0.25) is 0 Å². The maximum absolute atomic E-state index is 8.60. The van der Waals surface area contributed by atoms with E-state index in [1.54, 1.807) is 24.3 Å². The maximum Gasteiger partial charge on any atom is 0.385 e. The summed E-state index contributed by atoms with van der Waals surface area (Å²) in [7, 11) is 0. The highest BCUT2D eigenvalue weighted by Gasteiger charge is 2.04. The SMILES string of the molecule is CCCCc1ccc(Oc2ccc([N+]#N)cc2)cc1. The van der Waals surface area contributed by atoms with Gasteiger partial charge in [0.05, 0.1) is 0 Å². The third-order valence-corrected chi connectivity index (χ3v) is 2.93. The number of hydrogen-bond donors (Lipinski definition) is 0. The van der Waals surface area contributed by atoms with E-state index in [1.807, 2.05) is 12.1 Å². The number of unbranched alkanes of at least 4 members (excludes halogenated alkanes) is 1. The van der Waals surface area contributed by atoms with Crippen LogP contribution in [-0.4, -0.2) is 0 Å². The normalized spacial score (nSPS) is 9.89. The number of rotatable bonds is 5. The third kappa shape index (κ3) is 3.82. The summed E-state index contributed by atoms with van der Waals surface area (Å²) in [6.07, 6.45) is 3.54. The van der Waals surface area contributed by atoms with E-state index in [9.17, 15) is 0 Å². The first kappa shape index (κ1) is 13.1. The molecule has 0 fully saturated rings. The number of benzene rings is 2. The van der Waals surface area contributed by atoms with Crippen LogP contribution in [0.3, 0.4) is 0 Å². The van der Waals surface area contributed by atoms with Gasteiger partial charge < -0.3 is 4.74 Å². The lowest BCUT2D eigenvalue weighted by molar-refractivity contribution is 0.482. The molecule has 0 spiro atoms. The van der Waals surface area contributed by atoms with Crippen molar-refractivity contribution in [1.82, 2.24) is 0 Å². The minimum atomic E-state index is 0.516. The van der Waals surface area contributed by atoms with Gasteiger partial charge in [-0.2, -0.15) is 0 Å². The molecule has 0 aromatic heterocycles. The van der Waals surface area contributed by atoms with Crippen LogP contribution < -0.4 is 4.74 Å². The Kier molecular flexibility index (Phi) is 4.52. The number of hydrogen-bond acceptors (Lipinski definition) is 2. The molecule has 3 heteroatoms. The van der Waals surface area contributed by atoms with Crippen LogP contribution in [0.25, 0.3) is 4.98 Å². The van der Waals surface area contributed by atoms with Gasteiger partial charge in [-0.05, 0) is 42.7 Å². The van der Waals surface area contributed by atoms with Gasteiger partial charge in [0.1, 0.15) is 11.5 Å². The van der Waals surface area contributed by atoms with Crippen LogP contribution in [0, 0.1) is 5.39 Å². The second kappa shape index (κ2) is 6.55. The van der Waals surface area contributed by atoms with Crippen molar-refractivity contribution in [2.45, 2.75) is 26.2 Å². The van der Waals surface area contributed by atoms with E-state index in [0.29, 0.717) is 5.69 Å². The van der Waals surface area contributed by atoms with E-state index in [2.05, 4.69) is 24.0 Å². The van der Waals surface area contributed by atoms with Crippen LogP contribution in [0.5, 0.6) is 11.5 Å². The number of diazo groups is 1. The van der Waals surface area contributed by atoms with Crippen molar-refractivity contribution in [2.75, 3.05) is 0 Å². The quantitative estimate of drug-likeness (QED) is 0.677.